The lowest BCUT2D eigenvalue weighted by atomic mass is 10.9. The molecular weight excluding hydrogens is 220 g/mol. The van der Waals surface area contributed by atoms with Crippen molar-refractivity contribution in [2.45, 2.75) is 13.8 Å². The third-order valence-electron chi connectivity index (χ3n) is 1.25. The highest BCUT2D eigenvalue weighted by Crippen LogP contribution is 2.23. The Morgan fingerprint density at radius 2 is 1.21 bits per heavy atom. The minimum atomic E-state index is 0.537. The van der Waals surface area contributed by atoms with Gasteiger partial charge in [-0.05, 0) is 13.8 Å². The first-order valence-corrected chi connectivity index (χ1v) is 5.39. The van der Waals surface area contributed by atoms with Gasteiger partial charge in [0.1, 0.15) is 10.0 Å². The molecule has 0 radical (unpaired) electrons. The van der Waals surface area contributed by atoms with Gasteiger partial charge in [0, 0.05) is 0 Å². The standard InChI is InChI=1S/C6H6N6S2/c1-3-7-9-5(13-3)11-12-6-10-8-4(2)14-6/h1-2H3. The Labute approximate surface area is 87.8 Å². The van der Waals surface area contributed by atoms with Gasteiger partial charge in [-0.1, -0.05) is 22.7 Å². The summed E-state index contributed by atoms with van der Waals surface area (Å²) in [5.74, 6) is 0. The fourth-order valence-corrected chi connectivity index (χ4v) is 1.76. The highest BCUT2D eigenvalue weighted by molar-refractivity contribution is 7.15. The van der Waals surface area contributed by atoms with E-state index in [1.807, 2.05) is 13.8 Å². The molecule has 0 spiro atoms. The molecule has 2 aromatic rings. The average molecular weight is 226 g/mol. The minimum Gasteiger partial charge on any atom is -0.142 e. The Hall–Kier alpha value is -1.28. The smallest absolute Gasteiger partial charge is 0.142 e. The van der Waals surface area contributed by atoms with E-state index < -0.39 is 0 Å². The molecule has 0 aromatic carbocycles. The van der Waals surface area contributed by atoms with Gasteiger partial charge in [0.25, 0.3) is 10.3 Å². The maximum absolute atomic E-state index is 3.89. The maximum Gasteiger partial charge on any atom is 0.251 e. The van der Waals surface area contributed by atoms with Crippen molar-refractivity contribution in [1.29, 1.82) is 0 Å². The number of rotatable bonds is 2. The molecule has 0 unspecified atom stereocenters. The molecule has 0 aliphatic carbocycles. The number of nitrogens with zero attached hydrogens (tertiary/aromatic N) is 6. The van der Waals surface area contributed by atoms with Crippen LogP contribution in [0.15, 0.2) is 10.2 Å². The van der Waals surface area contributed by atoms with Gasteiger partial charge in [-0.3, -0.25) is 0 Å². The van der Waals surface area contributed by atoms with E-state index in [1.165, 1.54) is 22.7 Å². The van der Waals surface area contributed by atoms with E-state index in [0.717, 1.165) is 10.0 Å². The normalized spacial score (nSPS) is 11.3. The van der Waals surface area contributed by atoms with Crippen LogP contribution in [0, 0.1) is 13.8 Å². The van der Waals surface area contributed by atoms with Crippen LogP contribution < -0.4 is 0 Å². The van der Waals surface area contributed by atoms with Crippen molar-refractivity contribution in [2.75, 3.05) is 0 Å². The molecule has 0 fully saturated rings. The molecule has 14 heavy (non-hydrogen) atoms. The van der Waals surface area contributed by atoms with Crippen LogP contribution in [0.4, 0.5) is 10.3 Å². The lowest BCUT2D eigenvalue weighted by molar-refractivity contribution is 1.00. The number of hydrogen-bond donors (Lipinski definition) is 0. The highest BCUT2D eigenvalue weighted by Gasteiger charge is 2.00. The Bertz CT molecular complexity index is 416. The Kier molecular flexibility index (Phi) is 2.55. The third kappa shape index (κ3) is 2.15. The predicted octanol–water partition coefficient (Wildman–Crippen LogP) is 2.42. The molecule has 8 heteroatoms. The largest absolute Gasteiger partial charge is 0.251 e. The molecule has 2 heterocycles. The summed E-state index contributed by atoms with van der Waals surface area (Å²) in [6.07, 6.45) is 0. The van der Waals surface area contributed by atoms with Crippen molar-refractivity contribution >= 4 is 32.9 Å². The van der Waals surface area contributed by atoms with Gasteiger partial charge in [0.15, 0.2) is 0 Å². The molecule has 72 valence electrons. The van der Waals surface area contributed by atoms with Crippen molar-refractivity contribution in [3.8, 4) is 0 Å². The first kappa shape index (κ1) is 9.28. The fraction of sp³-hybridized carbons (Fsp3) is 0.333. The molecule has 0 saturated carbocycles. The molecular formula is C6H6N6S2. The fourth-order valence-electron chi connectivity index (χ4n) is 0.739. The van der Waals surface area contributed by atoms with Gasteiger partial charge in [-0.15, -0.1) is 30.6 Å². The number of aryl methyl sites for hydroxylation is 2. The molecule has 0 aliphatic heterocycles. The predicted molar refractivity (Wildman–Crippen MR) is 53.5 cm³/mol. The summed E-state index contributed by atoms with van der Waals surface area (Å²) < 4.78 is 0. The molecule has 2 aromatic heterocycles. The summed E-state index contributed by atoms with van der Waals surface area (Å²) in [5.41, 5.74) is 0. The van der Waals surface area contributed by atoms with Crippen LogP contribution in [0.25, 0.3) is 0 Å². The van der Waals surface area contributed by atoms with Gasteiger partial charge in [-0.2, -0.15) is 0 Å². The van der Waals surface area contributed by atoms with E-state index in [1.54, 1.807) is 0 Å². The first-order chi connectivity index (χ1) is 6.74. The molecule has 2 rings (SSSR count). The van der Waals surface area contributed by atoms with E-state index in [2.05, 4.69) is 30.6 Å². The van der Waals surface area contributed by atoms with E-state index >= 15 is 0 Å². The second-order valence-corrected chi connectivity index (χ2v) is 4.73. The quantitative estimate of drug-likeness (QED) is 0.737. The van der Waals surface area contributed by atoms with Crippen molar-refractivity contribution in [3.63, 3.8) is 0 Å². The first-order valence-electron chi connectivity index (χ1n) is 3.76. The summed E-state index contributed by atoms with van der Waals surface area (Å²) in [7, 11) is 0. The SMILES string of the molecule is Cc1nnc(N=Nc2nnc(C)s2)s1. The van der Waals surface area contributed by atoms with Gasteiger partial charge < -0.3 is 0 Å². The van der Waals surface area contributed by atoms with Crippen molar-refractivity contribution in [3.05, 3.63) is 10.0 Å². The minimum absolute atomic E-state index is 0.537. The Morgan fingerprint density at radius 3 is 1.50 bits per heavy atom. The van der Waals surface area contributed by atoms with Crippen molar-refractivity contribution < 1.29 is 0 Å². The second-order valence-electron chi connectivity index (χ2n) is 2.41. The third-order valence-corrected chi connectivity index (χ3v) is 2.70. The number of azo groups is 1. The Balaban J connectivity index is 2.14. The van der Waals surface area contributed by atoms with Crippen molar-refractivity contribution in [1.82, 2.24) is 20.4 Å². The van der Waals surface area contributed by atoms with E-state index in [4.69, 9.17) is 0 Å². The molecule has 0 atom stereocenters. The lowest BCUT2D eigenvalue weighted by Crippen LogP contribution is -1.67. The maximum atomic E-state index is 3.89. The van der Waals surface area contributed by atoms with Gasteiger partial charge in [-0.25, -0.2) is 0 Å². The zero-order valence-electron chi connectivity index (χ0n) is 7.50. The highest BCUT2D eigenvalue weighted by atomic mass is 32.1. The molecule has 0 N–H and O–H groups in total. The van der Waals surface area contributed by atoms with Crippen LogP contribution in [-0.4, -0.2) is 20.4 Å². The summed E-state index contributed by atoms with van der Waals surface area (Å²) in [6, 6.07) is 0. The van der Waals surface area contributed by atoms with E-state index in [0.29, 0.717) is 10.3 Å². The topological polar surface area (TPSA) is 76.3 Å². The average Bonchev–Trinajstić information content (AvgIpc) is 2.72. The monoisotopic (exact) mass is 226 g/mol. The number of aromatic nitrogens is 4. The van der Waals surface area contributed by atoms with Crippen molar-refractivity contribution in [2.24, 2.45) is 10.2 Å². The summed E-state index contributed by atoms with van der Waals surface area (Å²) in [4.78, 5) is 0. The summed E-state index contributed by atoms with van der Waals surface area (Å²) in [6.45, 7) is 3.73. The van der Waals surface area contributed by atoms with Crippen LogP contribution in [0.3, 0.4) is 0 Å². The van der Waals surface area contributed by atoms with E-state index in [-0.39, 0.29) is 0 Å². The van der Waals surface area contributed by atoms with Crippen LogP contribution in [0.1, 0.15) is 10.0 Å². The molecule has 0 bridgehead atoms. The molecule has 6 nitrogen and oxygen atoms in total. The van der Waals surface area contributed by atoms with Crippen LogP contribution in [-0.2, 0) is 0 Å². The lowest BCUT2D eigenvalue weighted by Gasteiger charge is -1.77. The van der Waals surface area contributed by atoms with Crippen LogP contribution >= 0.6 is 22.7 Å². The van der Waals surface area contributed by atoms with Gasteiger partial charge in [0.05, 0.1) is 0 Å². The molecule has 0 saturated heterocycles. The number of hydrogen-bond acceptors (Lipinski definition) is 8. The van der Waals surface area contributed by atoms with Gasteiger partial charge >= 0.3 is 0 Å². The molecule has 0 aliphatic rings. The van der Waals surface area contributed by atoms with Crippen LogP contribution in [0.2, 0.25) is 0 Å². The summed E-state index contributed by atoms with van der Waals surface area (Å²) in [5, 5.41) is 25.8. The van der Waals surface area contributed by atoms with Gasteiger partial charge in [0.2, 0.25) is 0 Å². The molecule has 0 amide bonds. The zero-order chi connectivity index (χ0) is 9.97. The van der Waals surface area contributed by atoms with Crippen LogP contribution in [0.5, 0.6) is 0 Å². The summed E-state index contributed by atoms with van der Waals surface area (Å²) >= 11 is 2.78. The zero-order valence-corrected chi connectivity index (χ0v) is 9.13. The van der Waals surface area contributed by atoms with E-state index in [9.17, 15) is 0 Å². The Morgan fingerprint density at radius 1 is 0.786 bits per heavy atom. The second kappa shape index (κ2) is 3.84.